The van der Waals surface area contributed by atoms with Crippen LogP contribution in [0.2, 0.25) is 0 Å². The first-order valence-corrected chi connectivity index (χ1v) is 7.83. The van der Waals surface area contributed by atoms with Gasteiger partial charge in [0.1, 0.15) is 5.82 Å². The molecule has 0 saturated carbocycles. The van der Waals surface area contributed by atoms with Gasteiger partial charge in [-0.25, -0.2) is 4.98 Å². The van der Waals surface area contributed by atoms with Crippen LogP contribution in [0, 0.1) is 6.92 Å². The van der Waals surface area contributed by atoms with Crippen LogP contribution >= 0.6 is 0 Å². The Bertz CT molecular complexity index is 814. The lowest BCUT2D eigenvalue weighted by atomic mass is 10.1. The molecule has 0 unspecified atom stereocenters. The van der Waals surface area contributed by atoms with E-state index in [9.17, 15) is 4.79 Å². The second-order valence-corrected chi connectivity index (χ2v) is 5.57. The molecule has 1 heterocycles. The molecule has 0 aliphatic carbocycles. The third kappa shape index (κ3) is 4.20. The van der Waals surface area contributed by atoms with Crippen LogP contribution in [0.15, 0.2) is 72.9 Å². The molecule has 0 aliphatic heterocycles. The summed E-state index contributed by atoms with van der Waals surface area (Å²) in [5.74, 6) is 0.688. The smallest absolute Gasteiger partial charge is 0.228 e. The van der Waals surface area contributed by atoms with E-state index in [-0.39, 0.29) is 5.91 Å². The van der Waals surface area contributed by atoms with Crippen molar-refractivity contribution in [2.45, 2.75) is 13.3 Å². The van der Waals surface area contributed by atoms with Crippen molar-refractivity contribution in [2.24, 2.45) is 0 Å². The summed E-state index contributed by atoms with van der Waals surface area (Å²) in [5.41, 5.74) is 3.81. The lowest BCUT2D eigenvalue weighted by molar-refractivity contribution is -0.115. The Labute approximate surface area is 141 Å². The van der Waals surface area contributed by atoms with Crippen LogP contribution < -0.4 is 10.6 Å². The fourth-order valence-corrected chi connectivity index (χ4v) is 2.40. The number of rotatable bonds is 5. The minimum absolute atomic E-state index is 0.0464. The predicted octanol–water partition coefficient (Wildman–Crippen LogP) is 4.31. The maximum absolute atomic E-state index is 12.2. The number of carbonyl (C=O) groups is 1. The second kappa shape index (κ2) is 7.42. The van der Waals surface area contributed by atoms with Gasteiger partial charge in [0.25, 0.3) is 0 Å². The molecule has 1 amide bonds. The first-order valence-electron chi connectivity index (χ1n) is 7.83. The molecule has 0 spiro atoms. The largest absolute Gasteiger partial charge is 0.340 e. The highest BCUT2D eigenvalue weighted by Gasteiger charge is 2.06. The molecule has 1 aromatic heterocycles. The molecular formula is C20H19N3O. The highest BCUT2D eigenvalue weighted by atomic mass is 16.1. The van der Waals surface area contributed by atoms with E-state index < -0.39 is 0 Å². The molecule has 2 N–H and O–H groups in total. The van der Waals surface area contributed by atoms with Crippen molar-refractivity contribution in [3.05, 3.63) is 84.1 Å². The minimum Gasteiger partial charge on any atom is -0.340 e. The van der Waals surface area contributed by atoms with Crippen LogP contribution in [0.25, 0.3) is 0 Å². The van der Waals surface area contributed by atoms with Crippen molar-refractivity contribution in [3.63, 3.8) is 0 Å². The Morgan fingerprint density at radius 2 is 1.67 bits per heavy atom. The van der Waals surface area contributed by atoms with Crippen LogP contribution in [-0.4, -0.2) is 10.9 Å². The highest BCUT2D eigenvalue weighted by molar-refractivity contribution is 5.92. The summed E-state index contributed by atoms with van der Waals surface area (Å²) in [6.45, 7) is 2.01. The molecule has 0 aliphatic rings. The summed E-state index contributed by atoms with van der Waals surface area (Å²) in [6.07, 6.45) is 2.01. The van der Waals surface area contributed by atoms with Gasteiger partial charge in [0, 0.05) is 5.69 Å². The van der Waals surface area contributed by atoms with E-state index in [0.29, 0.717) is 12.1 Å². The van der Waals surface area contributed by atoms with E-state index in [0.717, 1.165) is 22.6 Å². The number of amides is 1. The summed E-state index contributed by atoms with van der Waals surface area (Å²) < 4.78 is 0. The number of benzene rings is 2. The summed E-state index contributed by atoms with van der Waals surface area (Å²) in [4.78, 5) is 16.5. The van der Waals surface area contributed by atoms with Crippen molar-refractivity contribution in [2.75, 3.05) is 10.6 Å². The molecule has 3 aromatic rings. The molecule has 0 fully saturated rings. The number of hydrogen-bond donors (Lipinski definition) is 2. The average molecular weight is 317 g/mol. The SMILES string of the molecule is Cc1ccccc1CC(=O)Nc1ccc(Nc2ccccc2)nc1. The third-order valence-corrected chi connectivity index (χ3v) is 3.71. The molecule has 24 heavy (non-hydrogen) atoms. The van der Waals surface area contributed by atoms with Crippen molar-refractivity contribution in [1.29, 1.82) is 0 Å². The van der Waals surface area contributed by atoms with Gasteiger partial charge in [-0.1, -0.05) is 42.5 Å². The van der Waals surface area contributed by atoms with E-state index in [2.05, 4.69) is 15.6 Å². The van der Waals surface area contributed by atoms with Crippen molar-refractivity contribution in [3.8, 4) is 0 Å². The standard InChI is InChI=1S/C20H19N3O/c1-15-7-5-6-8-16(15)13-20(24)23-18-11-12-19(21-14-18)22-17-9-3-2-4-10-17/h2-12,14H,13H2,1H3,(H,21,22)(H,23,24). The van der Waals surface area contributed by atoms with E-state index >= 15 is 0 Å². The van der Waals surface area contributed by atoms with Gasteiger partial charge in [0.2, 0.25) is 5.91 Å². The molecule has 0 bridgehead atoms. The number of anilines is 3. The Morgan fingerprint density at radius 3 is 2.38 bits per heavy atom. The van der Waals surface area contributed by atoms with Gasteiger partial charge in [0.05, 0.1) is 18.3 Å². The molecule has 4 nitrogen and oxygen atoms in total. The lowest BCUT2D eigenvalue weighted by Gasteiger charge is -2.09. The number of aromatic nitrogens is 1. The van der Waals surface area contributed by atoms with Crippen LogP contribution in [-0.2, 0) is 11.2 Å². The van der Waals surface area contributed by atoms with Gasteiger partial charge in [-0.05, 0) is 42.3 Å². The molecule has 120 valence electrons. The van der Waals surface area contributed by atoms with Crippen LogP contribution in [0.3, 0.4) is 0 Å². The van der Waals surface area contributed by atoms with E-state index in [4.69, 9.17) is 0 Å². The zero-order valence-corrected chi connectivity index (χ0v) is 13.5. The number of para-hydroxylation sites is 1. The summed E-state index contributed by atoms with van der Waals surface area (Å²) in [7, 11) is 0. The molecule has 0 atom stereocenters. The quantitative estimate of drug-likeness (QED) is 0.737. The van der Waals surface area contributed by atoms with Gasteiger partial charge in [-0.15, -0.1) is 0 Å². The number of aryl methyl sites for hydroxylation is 1. The van der Waals surface area contributed by atoms with E-state index in [1.165, 1.54) is 0 Å². The van der Waals surface area contributed by atoms with Gasteiger partial charge >= 0.3 is 0 Å². The maximum Gasteiger partial charge on any atom is 0.228 e. The summed E-state index contributed by atoms with van der Waals surface area (Å²) in [6, 6.07) is 21.4. The summed E-state index contributed by atoms with van der Waals surface area (Å²) >= 11 is 0. The number of pyridine rings is 1. The normalized spacial score (nSPS) is 10.2. The first-order chi connectivity index (χ1) is 11.7. The van der Waals surface area contributed by atoms with E-state index in [1.807, 2.05) is 73.7 Å². The Balaban J connectivity index is 1.60. The monoisotopic (exact) mass is 317 g/mol. The molecular weight excluding hydrogens is 298 g/mol. The topological polar surface area (TPSA) is 54.0 Å². The maximum atomic E-state index is 12.2. The van der Waals surface area contributed by atoms with Gasteiger partial charge in [0.15, 0.2) is 0 Å². The average Bonchev–Trinajstić information content (AvgIpc) is 2.60. The Kier molecular flexibility index (Phi) is 4.87. The molecule has 4 heteroatoms. The van der Waals surface area contributed by atoms with Crippen molar-refractivity contribution in [1.82, 2.24) is 4.98 Å². The summed E-state index contributed by atoms with van der Waals surface area (Å²) in [5, 5.41) is 6.09. The zero-order chi connectivity index (χ0) is 16.8. The van der Waals surface area contributed by atoms with Crippen LogP contribution in [0.4, 0.5) is 17.2 Å². The number of nitrogens with zero attached hydrogens (tertiary/aromatic N) is 1. The lowest BCUT2D eigenvalue weighted by Crippen LogP contribution is -2.15. The number of nitrogens with one attached hydrogen (secondary N) is 2. The fourth-order valence-electron chi connectivity index (χ4n) is 2.40. The minimum atomic E-state index is -0.0464. The third-order valence-electron chi connectivity index (χ3n) is 3.71. The molecule has 3 rings (SSSR count). The van der Waals surface area contributed by atoms with Crippen LogP contribution in [0.1, 0.15) is 11.1 Å². The zero-order valence-electron chi connectivity index (χ0n) is 13.5. The predicted molar refractivity (Wildman–Crippen MR) is 97.5 cm³/mol. The van der Waals surface area contributed by atoms with Gasteiger partial charge in [-0.3, -0.25) is 4.79 Å². The molecule has 0 radical (unpaired) electrons. The van der Waals surface area contributed by atoms with Gasteiger partial charge in [-0.2, -0.15) is 0 Å². The number of carbonyl (C=O) groups excluding carboxylic acids is 1. The first kappa shape index (κ1) is 15.7. The Morgan fingerprint density at radius 1 is 0.917 bits per heavy atom. The van der Waals surface area contributed by atoms with Gasteiger partial charge < -0.3 is 10.6 Å². The van der Waals surface area contributed by atoms with Crippen molar-refractivity contribution >= 4 is 23.1 Å². The van der Waals surface area contributed by atoms with E-state index in [1.54, 1.807) is 6.20 Å². The highest BCUT2D eigenvalue weighted by Crippen LogP contribution is 2.16. The molecule has 2 aromatic carbocycles. The van der Waals surface area contributed by atoms with Crippen LogP contribution in [0.5, 0.6) is 0 Å². The number of hydrogen-bond acceptors (Lipinski definition) is 3. The molecule has 0 saturated heterocycles. The fraction of sp³-hybridized carbons (Fsp3) is 0.100. The van der Waals surface area contributed by atoms with Crippen molar-refractivity contribution < 1.29 is 4.79 Å². The Hall–Kier alpha value is -3.14. The second-order valence-electron chi connectivity index (χ2n) is 5.57.